The van der Waals surface area contributed by atoms with E-state index in [1.165, 1.54) is 56.1 Å². The largest absolute Gasteiger partial charge is 0.462 e. The smallest absolute Gasteiger partial charge is 0.309 e. The molecule has 3 rings (SSSR count). The van der Waals surface area contributed by atoms with Crippen LogP contribution in [-0.4, -0.2) is 12.1 Å². The minimum atomic E-state index is 0.0955. The summed E-state index contributed by atoms with van der Waals surface area (Å²) in [5, 5.41) is 0. The first-order valence-corrected chi connectivity index (χ1v) is 13.2. The van der Waals surface area contributed by atoms with Crippen LogP contribution in [0, 0.1) is 17.8 Å². The zero-order chi connectivity index (χ0) is 21.9. The van der Waals surface area contributed by atoms with Gasteiger partial charge in [-0.05, 0) is 80.8 Å². The summed E-state index contributed by atoms with van der Waals surface area (Å²) < 4.78 is 5.95. The van der Waals surface area contributed by atoms with Crippen LogP contribution in [0.5, 0.6) is 0 Å². The fourth-order valence-corrected chi connectivity index (χ4v) is 5.36. The number of carbonyl (C=O) groups is 1. The number of carbonyl (C=O) groups excluding carboxylic acids is 1. The Morgan fingerprint density at radius 2 is 1.61 bits per heavy atom. The number of rotatable bonds is 10. The van der Waals surface area contributed by atoms with Crippen molar-refractivity contribution in [1.29, 1.82) is 0 Å². The number of esters is 1. The quantitative estimate of drug-likeness (QED) is 0.280. The molecule has 2 aliphatic rings. The molecule has 0 atom stereocenters. The maximum atomic E-state index is 12.7. The van der Waals surface area contributed by atoms with Crippen LogP contribution in [0.25, 0.3) is 6.08 Å². The highest BCUT2D eigenvalue weighted by atomic mass is 16.5. The van der Waals surface area contributed by atoms with Crippen molar-refractivity contribution in [2.45, 2.75) is 110 Å². The second-order valence-corrected chi connectivity index (χ2v) is 10.0. The lowest BCUT2D eigenvalue weighted by molar-refractivity contribution is -0.157. The van der Waals surface area contributed by atoms with Crippen molar-refractivity contribution in [2.75, 3.05) is 0 Å². The molecule has 0 heterocycles. The highest BCUT2D eigenvalue weighted by molar-refractivity contribution is 5.72. The van der Waals surface area contributed by atoms with Gasteiger partial charge in [0, 0.05) is 0 Å². The minimum absolute atomic E-state index is 0.0955. The lowest BCUT2D eigenvalue weighted by atomic mass is 9.79. The summed E-state index contributed by atoms with van der Waals surface area (Å²) in [5.74, 6) is 1.72. The molecule has 31 heavy (non-hydrogen) atoms. The number of ether oxygens (including phenoxy) is 1. The van der Waals surface area contributed by atoms with Crippen LogP contribution < -0.4 is 0 Å². The normalized spacial score (nSPS) is 26.8. The van der Waals surface area contributed by atoms with Crippen molar-refractivity contribution < 1.29 is 9.53 Å². The topological polar surface area (TPSA) is 26.3 Å². The van der Waals surface area contributed by atoms with Gasteiger partial charge in [-0.15, -0.1) is 0 Å². The molecule has 1 aromatic rings. The van der Waals surface area contributed by atoms with Crippen molar-refractivity contribution in [3.8, 4) is 0 Å². The van der Waals surface area contributed by atoms with Crippen molar-refractivity contribution >= 4 is 12.0 Å². The van der Waals surface area contributed by atoms with Crippen LogP contribution in [0.3, 0.4) is 0 Å². The monoisotopic (exact) mass is 424 g/mol. The summed E-state index contributed by atoms with van der Waals surface area (Å²) in [6.07, 6.45) is 21.3. The molecule has 0 saturated heterocycles. The Morgan fingerprint density at radius 3 is 2.26 bits per heavy atom. The van der Waals surface area contributed by atoms with Gasteiger partial charge in [0.1, 0.15) is 6.10 Å². The van der Waals surface area contributed by atoms with E-state index >= 15 is 0 Å². The van der Waals surface area contributed by atoms with Gasteiger partial charge < -0.3 is 4.74 Å². The van der Waals surface area contributed by atoms with E-state index in [0.717, 1.165) is 50.9 Å². The molecule has 0 bridgehead atoms. The van der Waals surface area contributed by atoms with Crippen molar-refractivity contribution in [3.63, 3.8) is 0 Å². The summed E-state index contributed by atoms with van der Waals surface area (Å²) in [6, 6.07) is 8.96. The van der Waals surface area contributed by atoms with Gasteiger partial charge in [0.15, 0.2) is 0 Å². The van der Waals surface area contributed by atoms with E-state index in [1.807, 2.05) is 0 Å². The fraction of sp³-hybridized carbons (Fsp3) is 0.690. The second-order valence-electron chi connectivity index (χ2n) is 10.0. The van der Waals surface area contributed by atoms with E-state index in [1.54, 1.807) is 0 Å². The Hall–Kier alpha value is -1.57. The molecule has 0 aliphatic heterocycles. The molecule has 2 fully saturated rings. The number of allylic oxidation sites excluding steroid dienone is 1. The van der Waals surface area contributed by atoms with Gasteiger partial charge >= 0.3 is 5.97 Å². The van der Waals surface area contributed by atoms with Gasteiger partial charge in [0.2, 0.25) is 0 Å². The molecule has 0 amide bonds. The predicted molar refractivity (Wildman–Crippen MR) is 131 cm³/mol. The average molecular weight is 425 g/mol. The minimum Gasteiger partial charge on any atom is -0.462 e. The Balaban J connectivity index is 1.34. The van der Waals surface area contributed by atoms with E-state index in [2.05, 4.69) is 50.3 Å². The van der Waals surface area contributed by atoms with E-state index in [4.69, 9.17) is 4.74 Å². The number of hydrogen-bond donors (Lipinski definition) is 0. The van der Waals surface area contributed by atoms with E-state index < -0.39 is 0 Å². The zero-order valence-electron chi connectivity index (χ0n) is 20.0. The van der Waals surface area contributed by atoms with Crippen LogP contribution in [0.15, 0.2) is 30.3 Å². The Bertz CT molecular complexity index is 658. The molecule has 0 aromatic heterocycles. The number of benzene rings is 1. The Kier molecular flexibility index (Phi) is 10.2. The molecule has 0 radical (unpaired) electrons. The van der Waals surface area contributed by atoms with Crippen LogP contribution in [0.1, 0.15) is 108 Å². The molecule has 1 aromatic carbocycles. The molecule has 2 saturated carbocycles. The zero-order valence-corrected chi connectivity index (χ0v) is 20.0. The van der Waals surface area contributed by atoms with Gasteiger partial charge in [-0.3, -0.25) is 4.79 Å². The maximum absolute atomic E-state index is 12.7. The highest BCUT2D eigenvalue weighted by Crippen LogP contribution is 2.34. The van der Waals surface area contributed by atoms with Crippen LogP contribution in [0.4, 0.5) is 0 Å². The number of hydrogen-bond acceptors (Lipinski definition) is 2. The van der Waals surface area contributed by atoms with Crippen LogP contribution in [0.2, 0.25) is 0 Å². The third-order valence-corrected chi connectivity index (χ3v) is 7.48. The fourth-order valence-electron chi connectivity index (χ4n) is 5.36. The standard InChI is InChI=1S/C29H44O2/c1-3-5-6-8-24-15-19-27(20-16-24)29(30)31-28-21-17-26(18-22-28)14-13-25-11-9-23(7-4-2)10-12-25/h9-14,24,26-28H,3-8,15-22H2,1-2H3. The van der Waals surface area contributed by atoms with Crippen LogP contribution >= 0.6 is 0 Å². The highest BCUT2D eigenvalue weighted by Gasteiger charge is 2.30. The van der Waals surface area contributed by atoms with Crippen LogP contribution in [-0.2, 0) is 16.0 Å². The average Bonchev–Trinajstić information content (AvgIpc) is 2.80. The predicted octanol–water partition coefficient (Wildman–Crippen LogP) is 8.14. The summed E-state index contributed by atoms with van der Waals surface area (Å²) in [4.78, 5) is 12.7. The molecule has 0 unspecified atom stereocenters. The first kappa shape index (κ1) is 24.1. The summed E-state index contributed by atoms with van der Waals surface area (Å²) in [6.45, 7) is 4.49. The molecule has 0 N–H and O–H groups in total. The van der Waals surface area contributed by atoms with E-state index in [0.29, 0.717) is 5.92 Å². The molecular formula is C29H44O2. The van der Waals surface area contributed by atoms with Gasteiger partial charge in [-0.25, -0.2) is 0 Å². The Morgan fingerprint density at radius 1 is 0.903 bits per heavy atom. The molecule has 2 aliphatic carbocycles. The van der Waals surface area contributed by atoms with Gasteiger partial charge in [0.05, 0.1) is 5.92 Å². The third-order valence-electron chi connectivity index (χ3n) is 7.48. The maximum Gasteiger partial charge on any atom is 0.309 e. The SMILES string of the molecule is CCCCCC1CCC(C(=O)OC2CCC(C=Cc3ccc(CCC)cc3)CC2)CC1. The first-order valence-electron chi connectivity index (χ1n) is 13.2. The summed E-state index contributed by atoms with van der Waals surface area (Å²) in [5.41, 5.74) is 2.71. The lowest BCUT2D eigenvalue weighted by Crippen LogP contribution is -2.29. The first-order chi connectivity index (χ1) is 15.2. The third kappa shape index (κ3) is 8.13. The van der Waals surface area contributed by atoms with Crippen molar-refractivity contribution in [2.24, 2.45) is 17.8 Å². The lowest BCUT2D eigenvalue weighted by Gasteiger charge is -2.31. The molecule has 2 heteroatoms. The molecule has 2 nitrogen and oxygen atoms in total. The van der Waals surface area contributed by atoms with Gasteiger partial charge in [-0.1, -0.05) is 82.4 Å². The van der Waals surface area contributed by atoms with Gasteiger partial charge in [0.25, 0.3) is 0 Å². The summed E-state index contributed by atoms with van der Waals surface area (Å²) >= 11 is 0. The Labute approximate surface area is 190 Å². The van der Waals surface area contributed by atoms with Crippen molar-refractivity contribution in [3.05, 3.63) is 41.5 Å². The van der Waals surface area contributed by atoms with Gasteiger partial charge in [-0.2, -0.15) is 0 Å². The van der Waals surface area contributed by atoms with E-state index in [-0.39, 0.29) is 18.0 Å². The van der Waals surface area contributed by atoms with Crippen molar-refractivity contribution in [1.82, 2.24) is 0 Å². The summed E-state index contributed by atoms with van der Waals surface area (Å²) in [7, 11) is 0. The second kappa shape index (κ2) is 13.1. The molecule has 0 spiro atoms. The van der Waals surface area contributed by atoms with E-state index in [9.17, 15) is 4.79 Å². The number of aryl methyl sites for hydroxylation is 1. The molecular weight excluding hydrogens is 380 g/mol. The molecule has 172 valence electrons. The number of unbranched alkanes of at least 4 members (excludes halogenated alkanes) is 2.